The van der Waals surface area contributed by atoms with Crippen LogP contribution in [0.2, 0.25) is 0 Å². The van der Waals surface area contributed by atoms with Gasteiger partial charge in [-0.1, -0.05) is 20.3 Å². The molecule has 1 rings (SSSR count). The fourth-order valence-electron chi connectivity index (χ4n) is 2.59. The summed E-state index contributed by atoms with van der Waals surface area (Å²) in [5.41, 5.74) is 5.79. The number of rotatable bonds is 8. The zero-order chi connectivity index (χ0) is 13.9. The number of unbranched alkanes of at least 4 members (excludes halogenated alkanes) is 2. The third-order valence-corrected chi connectivity index (χ3v) is 3.74. The van der Waals surface area contributed by atoms with Gasteiger partial charge >= 0.3 is 0 Å². The summed E-state index contributed by atoms with van der Waals surface area (Å²) in [7, 11) is 0. The van der Waals surface area contributed by atoms with E-state index in [4.69, 9.17) is 5.73 Å². The lowest BCUT2D eigenvalue weighted by molar-refractivity contribution is 0.181. The summed E-state index contributed by atoms with van der Waals surface area (Å²) in [6.07, 6.45) is 7.49. The van der Waals surface area contributed by atoms with Crippen LogP contribution < -0.4 is 11.1 Å². The molecule has 0 saturated carbocycles. The Bertz CT molecular complexity index is 258. The predicted octanol–water partition coefficient (Wildman–Crippen LogP) is 2.82. The van der Waals surface area contributed by atoms with Gasteiger partial charge in [-0.05, 0) is 51.1 Å². The highest BCUT2D eigenvalue weighted by Gasteiger charge is 2.14. The van der Waals surface area contributed by atoms with E-state index in [1.165, 1.54) is 45.3 Å². The average Bonchev–Trinajstić information content (AvgIpc) is 2.39. The zero-order valence-electron chi connectivity index (χ0n) is 13.2. The SMILES string of the molecule is CCCCNC(N)=NCCCCN1CCCC(C)C1.I. The Hall–Kier alpha value is -0.0400. The van der Waals surface area contributed by atoms with Gasteiger partial charge in [0.1, 0.15) is 0 Å². The van der Waals surface area contributed by atoms with E-state index in [1.54, 1.807) is 0 Å². The van der Waals surface area contributed by atoms with Crippen LogP contribution in [0.1, 0.15) is 52.4 Å². The molecule has 0 amide bonds. The molecule has 3 N–H and O–H groups in total. The largest absolute Gasteiger partial charge is 0.370 e. The molecule has 120 valence electrons. The van der Waals surface area contributed by atoms with E-state index in [0.717, 1.165) is 31.8 Å². The molecule has 4 nitrogen and oxygen atoms in total. The Labute approximate surface area is 142 Å². The van der Waals surface area contributed by atoms with Crippen LogP contribution in [-0.2, 0) is 0 Å². The number of nitrogens with zero attached hydrogens (tertiary/aromatic N) is 2. The number of halogens is 1. The molecule has 0 radical (unpaired) electrons. The number of guanidine groups is 1. The van der Waals surface area contributed by atoms with Crippen molar-refractivity contribution < 1.29 is 0 Å². The van der Waals surface area contributed by atoms with Gasteiger partial charge in [-0.2, -0.15) is 0 Å². The summed E-state index contributed by atoms with van der Waals surface area (Å²) in [5.74, 6) is 1.49. The van der Waals surface area contributed by atoms with E-state index >= 15 is 0 Å². The Morgan fingerprint density at radius 1 is 1.35 bits per heavy atom. The average molecular weight is 396 g/mol. The van der Waals surface area contributed by atoms with Crippen molar-refractivity contribution in [2.24, 2.45) is 16.6 Å². The molecular weight excluding hydrogens is 363 g/mol. The smallest absolute Gasteiger partial charge is 0.188 e. The summed E-state index contributed by atoms with van der Waals surface area (Å²) in [6.45, 7) is 10.1. The first kappa shape index (κ1) is 20.0. The van der Waals surface area contributed by atoms with Crippen LogP contribution in [0.3, 0.4) is 0 Å². The van der Waals surface area contributed by atoms with Crippen molar-refractivity contribution in [2.75, 3.05) is 32.7 Å². The highest BCUT2D eigenvalue weighted by atomic mass is 127. The summed E-state index contributed by atoms with van der Waals surface area (Å²) >= 11 is 0. The molecule has 1 unspecified atom stereocenters. The number of hydrogen-bond donors (Lipinski definition) is 2. The molecule has 1 heterocycles. The second-order valence-corrected chi connectivity index (χ2v) is 5.80. The molecule has 0 aromatic carbocycles. The molecule has 0 aromatic rings. The number of hydrogen-bond acceptors (Lipinski definition) is 2. The van der Waals surface area contributed by atoms with E-state index in [2.05, 4.69) is 29.1 Å². The predicted molar refractivity (Wildman–Crippen MR) is 98.9 cm³/mol. The molecule has 0 aromatic heterocycles. The monoisotopic (exact) mass is 396 g/mol. The van der Waals surface area contributed by atoms with E-state index in [9.17, 15) is 0 Å². The fraction of sp³-hybridized carbons (Fsp3) is 0.933. The summed E-state index contributed by atoms with van der Waals surface area (Å²) in [4.78, 5) is 6.96. The maximum absolute atomic E-state index is 5.79. The standard InChI is InChI=1S/C15H32N4.HI/c1-3-4-9-17-15(16)18-10-5-6-11-19-12-7-8-14(2)13-19;/h14H,3-13H2,1-2H3,(H3,16,17,18);1H. The van der Waals surface area contributed by atoms with Crippen molar-refractivity contribution >= 4 is 29.9 Å². The normalized spacial score (nSPS) is 20.5. The number of nitrogens with one attached hydrogen (secondary N) is 1. The van der Waals surface area contributed by atoms with Crippen LogP contribution in [0.25, 0.3) is 0 Å². The first-order chi connectivity index (χ1) is 9.22. The van der Waals surface area contributed by atoms with Crippen LogP contribution in [0.4, 0.5) is 0 Å². The van der Waals surface area contributed by atoms with Gasteiger partial charge in [-0.3, -0.25) is 4.99 Å². The maximum Gasteiger partial charge on any atom is 0.188 e. The number of nitrogens with two attached hydrogens (primary N) is 1. The molecule has 20 heavy (non-hydrogen) atoms. The number of likely N-dealkylation sites (tertiary alicyclic amines) is 1. The Kier molecular flexibility index (Phi) is 12.7. The molecule has 1 fully saturated rings. The lowest BCUT2D eigenvalue weighted by atomic mass is 10.0. The highest BCUT2D eigenvalue weighted by Crippen LogP contribution is 2.15. The van der Waals surface area contributed by atoms with Gasteiger partial charge in [-0.15, -0.1) is 24.0 Å². The van der Waals surface area contributed by atoms with Crippen molar-refractivity contribution in [3.8, 4) is 0 Å². The second kappa shape index (κ2) is 12.7. The van der Waals surface area contributed by atoms with Gasteiger partial charge in [0.25, 0.3) is 0 Å². The van der Waals surface area contributed by atoms with Gasteiger partial charge < -0.3 is 16.0 Å². The minimum Gasteiger partial charge on any atom is -0.370 e. The summed E-state index contributed by atoms with van der Waals surface area (Å²) in [5, 5.41) is 3.15. The fourth-order valence-corrected chi connectivity index (χ4v) is 2.59. The van der Waals surface area contributed by atoms with Crippen LogP contribution in [0.15, 0.2) is 4.99 Å². The zero-order valence-corrected chi connectivity index (χ0v) is 15.6. The van der Waals surface area contributed by atoms with Crippen molar-refractivity contribution in [1.82, 2.24) is 10.2 Å². The first-order valence-electron chi connectivity index (χ1n) is 7.98. The van der Waals surface area contributed by atoms with Crippen LogP contribution in [-0.4, -0.2) is 43.6 Å². The van der Waals surface area contributed by atoms with Gasteiger partial charge in [0.05, 0.1) is 0 Å². The Morgan fingerprint density at radius 2 is 2.15 bits per heavy atom. The van der Waals surface area contributed by atoms with Gasteiger partial charge in [0.2, 0.25) is 0 Å². The second-order valence-electron chi connectivity index (χ2n) is 5.80. The Balaban J connectivity index is 0.00000361. The van der Waals surface area contributed by atoms with E-state index in [1.807, 2.05) is 0 Å². The molecule has 0 bridgehead atoms. The minimum absolute atomic E-state index is 0. The van der Waals surface area contributed by atoms with Crippen LogP contribution in [0.5, 0.6) is 0 Å². The molecule has 1 saturated heterocycles. The lowest BCUT2D eigenvalue weighted by Gasteiger charge is -2.30. The van der Waals surface area contributed by atoms with Crippen molar-refractivity contribution in [3.05, 3.63) is 0 Å². The molecule has 1 aliphatic heterocycles. The van der Waals surface area contributed by atoms with Crippen molar-refractivity contribution in [3.63, 3.8) is 0 Å². The third kappa shape index (κ3) is 9.80. The maximum atomic E-state index is 5.79. The van der Waals surface area contributed by atoms with Crippen molar-refractivity contribution in [1.29, 1.82) is 0 Å². The molecule has 5 heteroatoms. The lowest BCUT2D eigenvalue weighted by Crippen LogP contribution is -2.35. The van der Waals surface area contributed by atoms with Gasteiger partial charge in [-0.25, -0.2) is 0 Å². The van der Waals surface area contributed by atoms with E-state index < -0.39 is 0 Å². The van der Waals surface area contributed by atoms with E-state index in [-0.39, 0.29) is 24.0 Å². The molecule has 1 atom stereocenters. The molecule has 0 spiro atoms. The number of aliphatic imine (C=N–C) groups is 1. The molecule has 1 aliphatic rings. The van der Waals surface area contributed by atoms with Gasteiger partial charge in [0.15, 0.2) is 5.96 Å². The molecular formula is C15H33IN4. The summed E-state index contributed by atoms with van der Waals surface area (Å²) < 4.78 is 0. The highest BCUT2D eigenvalue weighted by molar-refractivity contribution is 14.0. The topological polar surface area (TPSA) is 53.6 Å². The minimum atomic E-state index is 0. The summed E-state index contributed by atoms with van der Waals surface area (Å²) in [6, 6.07) is 0. The quantitative estimate of drug-likeness (QED) is 0.287. The van der Waals surface area contributed by atoms with E-state index in [0.29, 0.717) is 5.96 Å². The molecule has 0 aliphatic carbocycles. The third-order valence-electron chi connectivity index (χ3n) is 3.74. The first-order valence-corrected chi connectivity index (χ1v) is 7.98. The van der Waals surface area contributed by atoms with Gasteiger partial charge in [0, 0.05) is 19.6 Å². The number of piperidine rings is 1. The Morgan fingerprint density at radius 3 is 2.85 bits per heavy atom. The van der Waals surface area contributed by atoms with Crippen LogP contribution in [0, 0.1) is 5.92 Å². The van der Waals surface area contributed by atoms with Crippen molar-refractivity contribution in [2.45, 2.75) is 52.4 Å². The van der Waals surface area contributed by atoms with Crippen LogP contribution >= 0.6 is 24.0 Å².